The summed E-state index contributed by atoms with van der Waals surface area (Å²) in [7, 11) is 0. The van der Waals surface area contributed by atoms with Gasteiger partial charge in [-0.3, -0.25) is 0 Å². The van der Waals surface area contributed by atoms with Crippen molar-refractivity contribution in [1.29, 1.82) is 0 Å². The third-order valence-electron chi connectivity index (χ3n) is 3.06. The number of carboxylic acids is 1. The predicted octanol–water partition coefficient (Wildman–Crippen LogP) is 1.77. The number of carbonyl (C=O) groups is 1. The topological polar surface area (TPSA) is 75.6 Å². The van der Waals surface area contributed by atoms with Crippen LogP contribution < -0.4 is 9.64 Å². The summed E-state index contributed by atoms with van der Waals surface area (Å²) in [5.74, 6) is -0.00969. The zero-order chi connectivity index (χ0) is 14.1. The molecule has 1 unspecified atom stereocenters. The quantitative estimate of drug-likeness (QED) is 0.897. The van der Waals surface area contributed by atoms with Crippen LogP contribution in [0.15, 0.2) is 36.7 Å². The van der Waals surface area contributed by atoms with E-state index in [1.807, 2.05) is 19.1 Å². The third-order valence-corrected chi connectivity index (χ3v) is 3.06. The van der Waals surface area contributed by atoms with Crippen molar-refractivity contribution in [2.45, 2.75) is 13.0 Å². The maximum atomic E-state index is 11.2. The molecule has 6 nitrogen and oxygen atoms in total. The van der Waals surface area contributed by atoms with Gasteiger partial charge in [0.15, 0.2) is 0 Å². The van der Waals surface area contributed by atoms with E-state index in [0.717, 1.165) is 11.3 Å². The summed E-state index contributed by atoms with van der Waals surface area (Å²) in [5.41, 5.74) is 1.72. The normalized spacial score (nSPS) is 17.2. The van der Waals surface area contributed by atoms with Gasteiger partial charge in [-0.2, -0.15) is 0 Å². The van der Waals surface area contributed by atoms with Gasteiger partial charge in [0.1, 0.15) is 5.75 Å². The summed E-state index contributed by atoms with van der Waals surface area (Å²) in [6, 6.07) is 7.27. The van der Waals surface area contributed by atoms with Gasteiger partial charge in [0.25, 0.3) is 0 Å². The zero-order valence-corrected chi connectivity index (χ0v) is 10.9. The number of ether oxygens (including phenoxy) is 1. The number of rotatable bonds is 2. The van der Waals surface area contributed by atoms with E-state index < -0.39 is 12.1 Å². The van der Waals surface area contributed by atoms with Crippen molar-refractivity contribution in [3.8, 4) is 5.75 Å². The van der Waals surface area contributed by atoms with Crippen molar-refractivity contribution < 1.29 is 14.6 Å². The maximum Gasteiger partial charge on any atom is 0.346 e. The van der Waals surface area contributed by atoms with E-state index in [1.54, 1.807) is 29.4 Å². The van der Waals surface area contributed by atoms with Gasteiger partial charge in [0, 0.05) is 12.4 Å². The Balaban J connectivity index is 2.04. The van der Waals surface area contributed by atoms with Crippen LogP contribution in [-0.4, -0.2) is 33.7 Å². The average Bonchev–Trinajstić information content (AvgIpc) is 2.47. The predicted molar refractivity (Wildman–Crippen MR) is 72.3 cm³/mol. The summed E-state index contributed by atoms with van der Waals surface area (Å²) in [4.78, 5) is 21.5. The average molecular weight is 271 g/mol. The summed E-state index contributed by atoms with van der Waals surface area (Å²) in [5, 5.41) is 9.18. The van der Waals surface area contributed by atoms with Crippen molar-refractivity contribution >= 4 is 17.6 Å². The van der Waals surface area contributed by atoms with Crippen LogP contribution in [0.25, 0.3) is 0 Å². The van der Waals surface area contributed by atoms with Gasteiger partial charge in [-0.25, -0.2) is 14.8 Å². The highest BCUT2D eigenvalue weighted by molar-refractivity contribution is 5.78. The second kappa shape index (κ2) is 4.80. The molecule has 1 N–H and O–H groups in total. The molecule has 1 aliphatic heterocycles. The van der Waals surface area contributed by atoms with E-state index >= 15 is 0 Å². The summed E-state index contributed by atoms with van der Waals surface area (Å²) in [6.07, 6.45) is 2.47. The highest BCUT2D eigenvalue weighted by atomic mass is 16.5. The third kappa shape index (κ3) is 2.16. The number of anilines is 2. The van der Waals surface area contributed by atoms with E-state index in [2.05, 4.69) is 9.97 Å². The van der Waals surface area contributed by atoms with E-state index in [4.69, 9.17) is 4.74 Å². The maximum absolute atomic E-state index is 11.2. The summed E-state index contributed by atoms with van der Waals surface area (Å²) < 4.78 is 5.47. The largest absolute Gasteiger partial charge is 0.478 e. The van der Waals surface area contributed by atoms with E-state index in [0.29, 0.717) is 11.7 Å². The van der Waals surface area contributed by atoms with Crippen LogP contribution in [0, 0.1) is 6.92 Å². The lowest BCUT2D eigenvalue weighted by Crippen LogP contribution is -2.42. The van der Waals surface area contributed by atoms with Crippen LogP contribution in [0.2, 0.25) is 0 Å². The molecule has 20 heavy (non-hydrogen) atoms. The van der Waals surface area contributed by atoms with Crippen LogP contribution in [0.5, 0.6) is 5.75 Å². The Hall–Kier alpha value is -2.63. The van der Waals surface area contributed by atoms with Crippen LogP contribution in [0.1, 0.15) is 5.56 Å². The molecule has 0 saturated carbocycles. The molecule has 0 bridgehead atoms. The molecule has 1 atom stereocenters. The minimum Gasteiger partial charge on any atom is -0.478 e. The molecule has 2 heterocycles. The summed E-state index contributed by atoms with van der Waals surface area (Å²) >= 11 is 0. The molecule has 0 fully saturated rings. The molecule has 6 heteroatoms. The zero-order valence-electron chi connectivity index (χ0n) is 10.9. The molecule has 1 aliphatic rings. The molecule has 0 spiro atoms. The first-order valence-electron chi connectivity index (χ1n) is 6.20. The lowest BCUT2D eigenvalue weighted by Gasteiger charge is -2.32. The lowest BCUT2D eigenvalue weighted by molar-refractivity contribution is -0.144. The molecule has 0 amide bonds. The first-order chi connectivity index (χ1) is 9.65. The number of hydrogen-bond acceptors (Lipinski definition) is 5. The number of aryl methyl sites for hydroxylation is 1. The molecule has 102 valence electrons. The Labute approximate surface area is 115 Å². The van der Waals surface area contributed by atoms with Crippen LogP contribution in [-0.2, 0) is 4.79 Å². The van der Waals surface area contributed by atoms with Crippen molar-refractivity contribution in [1.82, 2.24) is 9.97 Å². The molecular weight excluding hydrogens is 258 g/mol. The van der Waals surface area contributed by atoms with Crippen LogP contribution in [0.4, 0.5) is 11.6 Å². The smallest absolute Gasteiger partial charge is 0.346 e. The molecular formula is C14H13N3O3. The highest BCUT2D eigenvalue weighted by Gasteiger charge is 2.32. The molecule has 0 saturated heterocycles. The van der Waals surface area contributed by atoms with E-state index in [9.17, 15) is 9.90 Å². The Bertz CT molecular complexity index is 642. The fourth-order valence-corrected chi connectivity index (χ4v) is 2.08. The van der Waals surface area contributed by atoms with Crippen molar-refractivity contribution in [3.63, 3.8) is 0 Å². The van der Waals surface area contributed by atoms with Gasteiger partial charge in [-0.05, 0) is 24.6 Å². The van der Waals surface area contributed by atoms with Crippen LogP contribution >= 0.6 is 0 Å². The van der Waals surface area contributed by atoms with Gasteiger partial charge >= 0.3 is 5.97 Å². The number of aliphatic carboxylic acids is 1. The number of fused-ring (bicyclic) bond motifs is 1. The van der Waals surface area contributed by atoms with Gasteiger partial charge in [0.05, 0.1) is 12.2 Å². The van der Waals surface area contributed by atoms with E-state index in [-0.39, 0.29) is 6.54 Å². The number of nitrogens with zero attached hydrogens (tertiary/aromatic N) is 3. The van der Waals surface area contributed by atoms with Crippen molar-refractivity contribution in [2.75, 3.05) is 11.4 Å². The van der Waals surface area contributed by atoms with E-state index in [1.165, 1.54) is 0 Å². The van der Waals surface area contributed by atoms with Crippen molar-refractivity contribution in [2.24, 2.45) is 0 Å². The Kier molecular flexibility index (Phi) is 2.98. The SMILES string of the molecule is Cc1cnc(N2CC(C(=O)O)Oc3ccccc32)nc1. The monoisotopic (exact) mass is 271 g/mol. The molecule has 1 aromatic carbocycles. The molecule has 0 radical (unpaired) electrons. The first kappa shape index (κ1) is 12.4. The van der Waals surface area contributed by atoms with Gasteiger partial charge in [-0.1, -0.05) is 12.1 Å². The number of benzene rings is 1. The minimum atomic E-state index is -1.00. The highest BCUT2D eigenvalue weighted by Crippen LogP contribution is 2.36. The number of carboxylic acid groups (broad SMARTS) is 1. The lowest BCUT2D eigenvalue weighted by atomic mass is 10.2. The van der Waals surface area contributed by atoms with Gasteiger partial charge < -0.3 is 14.7 Å². The van der Waals surface area contributed by atoms with Crippen molar-refractivity contribution in [3.05, 3.63) is 42.2 Å². The standard InChI is InChI=1S/C14H13N3O3/c1-9-6-15-14(16-7-9)17-8-12(13(18)19)20-11-5-3-2-4-10(11)17/h2-7,12H,8H2,1H3,(H,18,19). The number of hydrogen-bond donors (Lipinski definition) is 1. The molecule has 0 aliphatic carbocycles. The minimum absolute atomic E-state index is 0.176. The second-order valence-corrected chi connectivity index (χ2v) is 4.58. The van der Waals surface area contributed by atoms with Gasteiger partial charge in [-0.15, -0.1) is 0 Å². The van der Waals surface area contributed by atoms with Gasteiger partial charge in [0.2, 0.25) is 12.1 Å². The first-order valence-corrected chi connectivity index (χ1v) is 6.20. The molecule has 3 rings (SSSR count). The molecule has 2 aromatic rings. The second-order valence-electron chi connectivity index (χ2n) is 4.58. The number of para-hydroxylation sites is 2. The Morgan fingerprint density at radius 3 is 2.75 bits per heavy atom. The number of aromatic nitrogens is 2. The summed E-state index contributed by atoms with van der Waals surface area (Å²) in [6.45, 7) is 2.08. The fourth-order valence-electron chi connectivity index (χ4n) is 2.08. The fraction of sp³-hybridized carbons (Fsp3) is 0.214. The Morgan fingerprint density at radius 1 is 1.35 bits per heavy atom. The van der Waals surface area contributed by atoms with Crippen LogP contribution in [0.3, 0.4) is 0 Å². The Morgan fingerprint density at radius 2 is 2.05 bits per heavy atom. The molecule has 1 aromatic heterocycles.